The van der Waals surface area contributed by atoms with E-state index < -0.39 is 0 Å². The molecule has 0 bridgehead atoms. The molecule has 1 saturated heterocycles. The molecule has 2 heterocycles. The van der Waals surface area contributed by atoms with E-state index >= 15 is 0 Å². The van der Waals surface area contributed by atoms with Crippen molar-refractivity contribution in [2.75, 3.05) is 32.8 Å². The van der Waals surface area contributed by atoms with Gasteiger partial charge in [0.1, 0.15) is 6.54 Å². The van der Waals surface area contributed by atoms with Crippen LogP contribution in [0.2, 0.25) is 0 Å². The van der Waals surface area contributed by atoms with Crippen molar-refractivity contribution in [3.63, 3.8) is 0 Å². The molecule has 1 aliphatic rings. The first-order chi connectivity index (χ1) is 8.29. The first-order valence-electron chi connectivity index (χ1n) is 5.86. The minimum Gasteiger partial charge on any atom is -0.378 e. The first-order valence-corrected chi connectivity index (χ1v) is 5.86. The molecule has 17 heavy (non-hydrogen) atoms. The molecule has 6 nitrogen and oxygen atoms in total. The molecular weight excluding hydrogens is 220 g/mol. The lowest BCUT2D eigenvalue weighted by Gasteiger charge is -2.26. The van der Waals surface area contributed by atoms with E-state index in [4.69, 9.17) is 10.5 Å². The summed E-state index contributed by atoms with van der Waals surface area (Å²) < 4.78 is 7.02. The lowest BCUT2D eigenvalue weighted by atomic mass is 10.3. The topological polar surface area (TPSA) is 73.4 Å². The first kappa shape index (κ1) is 12.1. The molecule has 1 aromatic heterocycles. The predicted molar refractivity (Wildman–Crippen MR) is 62.4 cm³/mol. The zero-order valence-corrected chi connectivity index (χ0v) is 9.84. The van der Waals surface area contributed by atoms with E-state index in [2.05, 4.69) is 4.98 Å². The monoisotopic (exact) mass is 238 g/mol. The van der Waals surface area contributed by atoms with E-state index in [9.17, 15) is 4.79 Å². The Hall–Kier alpha value is -1.40. The Labute approximate surface area is 100 Å². The number of hydrogen-bond donors (Lipinski definition) is 1. The van der Waals surface area contributed by atoms with Gasteiger partial charge in [-0.3, -0.25) is 4.79 Å². The maximum atomic E-state index is 11.9. The molecule has 0 aliphatic carbocycles. The molecule has 1 amide bonds. The van der Waals surface area contributed by atoms with Gasteiger partial charge in [0, 0.05) is 25.7 Å². The Kier molecular flexibility index (Phi) is 4.11. The predicted octanol–water partition coefficient (Wildman–Crippen LogP) is -0.757. The van der Waals surface area contributed by atoms with Crippen molar-refractivity contribution in [1.82, 2.24) is 14.5 Å². The van der Waals surface area contributed by atoms with Crippen LogP contribution in [0.15, 0.2) is 12.5 Å². The molecule has 2 N–H and O–H groups in total. The van der Waals surface area contributed by atoms with Gasteiger partial charge in [-0.25, -0.2) is 4.98 Å². The van der Waals surface area contributed by atoms with E-state index in [1.165, 1.54) is 0 Å². The average Bonchev–Trinajstić information content (AvgIpc) is 2.78. The number of rotatable bonds is 4. The SMILES string of the molecule is NCCc1cn(CC(=O)N2CCOCC2)cn1. The van der Waals surface area contributed by atoms with Gasteiger partial charge in [0.05, 0.1) is 25.2 Å². The highest BCUT2D eigenvalue weighted by atomic mass is 16.5. The average molecular weight is 238 g/mol. The van der Waals surface area contributed by atoms with Crippen LogP contribution < -0.4 is 5.73 Å². The van der Waals surface area contributed by atoms with Crippen molar-refractivity contribution in [3.05, 3.63) is 18.2 Å². The zero-order chi connectivity index (χ0) is 12.1. The molecule has 2 rings (SSSR count). The third kappa shape index (κ3) is 3.28. The third-order valence-electron chi connectivity index (χ3n) is 2.77. The van der Waals surface area contributed by atoms with Crippen molar-refractivity contribution < 1.29 is 9.53 Å². The molecule has 0 radical (unpaired) electrons. The maximum absolute atomic E-state index is 11.9. The molecule has 6 heteroatoms. The van der Waals surface area contributed by atoms with Gasteiger partial charge in [0.2, 0.25) is 5.91 Å². The Morgan fingerprint density at radius 2 is 2.24 bits per heavy atom. The van der Waals surface area contributed by atoms with Gasteiger partial charge in [-0.1, -0.05) is 0 Å². The highest BCUT2D eigenvalue weighted by Gasteiger charge is 2.16. The van der Waals surface area contributed by atoms with Crippen LogP contribution in [0.1, 0.15) is 5.69 Å². The van der Waals surface area contributed by atoms with Crippen LogP contribution in [-0.4, -0.2) is 53.2 Å². The number of ether oxygens (including phenoxy) is 1. The number of nitrogens with two attached hydrogens (primary N) is 1. The van der Waals surface area contributed by atoms with Gasteiger partial charge in [0.25, 0.3) is 0 Å². The number of morpholine rings is 1. The summed E-state index contributed by atoms with van der Waals surface area (Å²) in [6.45, 7) is 3.56. The normalized spacial score (nSPS) is 16.2. The largest absolute Gasteiger partial charge is 0.378 e. The van der Waals surface area contributed by atoms with Crippen LogP contribution in [-0.2, 0) is 22.5 Å². The summed E-state index contributed by atoms with van der Waals surface area (Å²) in [6, 6.07) is 0. The lowest BCUT2D eigenvalue weighted by Crippen LogP contribution is -2.42. The van der Waals surface area contributed by atoms with Crippen LogP contribution in [0.3, 0.4) is 0 Å². The Bertz CT molecular complexity index is 371. The van der Waals surface area contributed by atoms with E-state index in [1.807, 2.05) is 15.7 Å². The third-order valence-corrected chi connectivity index (χ3v) is 2.77. The summed E-state index contributed by atoms with van der Waals surface area (Å²) in [6.07, 6.45) is 4.31. The fraction of sp³-hybridized carbons (Fsp3) is 0.636. The van der Waals surface area contributed by atoms with Crippen LogP contribution in [0.4, 0.5) is 0 Å². The van der Waals surface area contributed by atoms with Gasteiger partial charge >= 0.3 is 0 Å². The van der Waals surface area contributed by atoms with Crippen molar-refractivity contribution in [2.24, 2.45) is 5.73 Å². The summed E-state index contributed by atoms with van der Waals surface area (Å²) in [7, 11) is 0. The minimum atomic E-state index is 0.116. The second kappa shape index (κ2) is 5.79. The van der Waals surface area contributed by atoms with Gasteiger partial charge in [0.15, 0.2) is 0 Å². The summed E-state index contributed by atoms with van der Waals surface area (Å²) in [4.78, 5) is 17.9. The van der Waals surface area contributed by atoms with E-state index in [0.29, 0.717) is 39.4 Å². The Morgan fingerprint density at radius 1 is 1.47 bits per heavy atom. The summed E-state index contributed by atoms with van der Waals surface area (Å²) >= 11 is 0. The second-order valence-electron chi connectivity index (χ2n) is 4.07. The van der Waals surface area contributed by atoms with Gasteiger partial charge < -0.3 is 19.9 Å². The highest BCUT2D eigenvalue weighted by molar-refractivity contribution is 5.76. The lowest BCUT2D eigenvalue weighted by molar-refractivity contribution is -0.135. The summed E-state index contributed by atoms with van der Waals surface area (Å²) in [5, 5.41) is 0. The smallest absolute Gasteiger partial charge is 0.242 e. The number of nitrogens with zero attached hydrogens (tertiary/aromatic N) is 3. The molecule has 0 spiro atoms. The van der Waals surface area contributed by atoms with E-state index in [-0.39, 0.29) is 5.91 Å². The van der Waals surface area contributed by atoms with Crippen molar-refractivity contribution >= 4 is 5.91 Å². The van der Waals surface area contributed by atoms with E-state index in [1.54, 1.807) is 6.33 Å². The molecular formula is C11H18N4O2. The number of aromatic nitrogens is 2. The number of imidazole rings is 1. The molecule has 0 aromatic carbocycles. The van der Waals surface area contributed by atoms with Crippen molar-refractivity contribution in [2.45, 2.75) is 13.0 Å². The number of amides is 1. The minimum absolute atomic E-state index is 0.116. The van der Waals surface area contributed by atoms with Crippen molar-refractivity contribution in [3.8, 4) is 0 Å². The molecule has 1 aromatic rings. The van der Waals surface area contributed by atoms with Crippen LogP contribution in [0.5, 0.6) is 0 Å². The molecule has 94 valence electrons. The fourth-order valence-corrected chi connectivity index (χ4v) is 1.84. The summed E-state index contributed by atoms with van der Waals surface area (Å²) in [5.74, 6) is 0.116. The Balaban J connectivity index is 1.88. The zero-order valence-electron chi connectivity index (χ0n) is 9.84. The van der Waals surface area contributed by atoms with Gasteiger partial charge in [-0.2, -0.15) is 0 Å². The number of carbonyl (C=O) groups excluding carboxylic acids is 1. The van der Waals surface area contributed by atoms with E-state index in [0.717, 1.165) is 12.1 Å². The molecule has 0 atom stereocenters. The van der Waals surface area contributed by atoms with Crippen molar-refractivity contribution in [1.29, 1.82) is 0 Å². The van der Waals surface area contributed by atoms with Crippen LogP contribution in [0.25, 0.3) is 0 Å². The maximum Gasteiger partial charge on any atom is 0.242 e. The Morgan fingerprint density at radius 3 is 2.94 bits per heavy atom. The highest BCUT2D eigenvalue weighted by Crippen LogP contribution is 2.01. The second-order valence-corrected chi connectivity index (χ2v) is 4.07. The quantitative estimate of drug-likeness (QED) is 0.748. The van der Waals surface area contributed by atoms with Crippen LogP contribution in [0, 0.1) is 0 Å². The molecule has 1 aliphatic heterocycles. The van der Waals surface area contributed by atoms with Crippen LogP contribution >= 0.6 is 0 Å². The summed E-state index contributed by atoms with van der Waals surface area (Å²) in [5.41, 5.74) is 6.38. The fourth-order valence-electron chi connectivity index (χ4n) is 1.84. The molecule has 0 unspecified atom stereocenters. The molecule has 0 saturated carbocycles. The molecule has 1 fully saturated rings. The van der Waals surface area contributed by atoms with Gasteiger partial charge in [-0.15, -0.1) is 0 Å². The number of carbonyl (C=O) groups is 1. The van der Waals surface area contributed by atoms with Gasteiger partial charge in [-0.05, 0) is 6.54 Å². The number of hydrogen-bond acceptors (Lipinski definition) is 4. The standard InChI is InChI=1S/C11H18N4O2/c12-2-1-10-7-14(9-13-10)8-11(16)15-3-5-17-6-4-15/h7,9H,1-6,8,12H2.